The van der Waals surface area contributed by atoms with Crippen LogP contribution in [-0.4, -0.2) is 6.04 Å². The van der Waals surface area contributed by atoms with Crippen LogP contribution >= 0.6 is 0 Å². The van der Waals surface area contributed by atoms with E-state index in [2.05, 4.69) is 81.5 Å². The predicted octanol–water partition coefficient (Wildman–Crippen LogP) is 5.61. The molecule has 2 aromatic rings. The van der Waals surface area contributed by atoms with Crippen molar-refractivity contribution in [3.05, 3.63) is 65.2 Å². The zero-order chi connectivity index (χ0) is 15.7. The first kappa shape index (κ1) is 15.1. The molecule has 0 radical (unpaired) electrons. The Kier molecular flexibility index (Phi) is 3.99. The van der Waals surface area contributed by atoms with Gasteiger partial charge in [-0.1, -0.05) is 63.2 Å². The lowest BCUT2D eigenvalue weighted by Gasteiger charge is -2.39. The van der Waals surface area contributed by atoms with Crippen LogP contribution in [0.25, 0.3) is 0 Å². The molecule has 1 aliphatic rings. The summed E-state index contributed by atoms with van der Waals surface area (Å²) in [6.45, 7) is 9.38. The molecule has 0 bridgehead atoms. The van der Waals surface area contributed by atoms with Gasteiger partial charge < -0.3 is 5.32 Å². The average Bonchev–Trinajstić information content (AvgIpc) is 2.47. The van der Waals surface area contributed by atoms with Gasteiger partial charge in [0.1, 0.15) is 0 Å². The van der Waals surface area contributed by atoms with Crippen molar-refractivity contribution >= 4 is 5.69 Å². The lowest BCUT2D eigenvalue weighted by molar-refractivity contribution is 0.291. The van der Waals surface area contributed by atoms with E-state index in [1.165, 1.54) is 28.8 Å². The van der Waals surface area contributed by atoms with Gasteiger partial charge in [-0.15, -0.1) is 0 Å². The second kappa shape index (κ2) is 5.79. The third-order valence-electron chi connectivity index (χ3n) is 4.78. The molecule has 3 rings (SSSR count). The van der Waals surface area contributed by atoms with Gasteiger partial charge in [0, 0.05) is 11.7 Å². The Bertz CT molecular complexity index is 637. The molecule has 0 spiro atoms. The average molecular weight is 293 g/mol. The summed E-state index contributed by atoms with van der Waals surface area (Å²) < 4.78 is 0. The SMILES string of the molecule is CC1CC(C(C)(C)C)c2cc(Cc3ccccc3)ccc2N1. The van der Waals surface area contributed by atoms with Crippen molar-refractivity contribution in [3.63, 3.8) is 0 Å². The van der Waals surface area contributed by atoms with Crippen molar-refractivity contribution in [3.8, 4) is 0 Å². The lowest BCUT2D eigenvalue weighted by atomic mass is 9.71. The van der Waals surface area contributed by atoms with Gasteiger partial charge in [-0.05, 0) is 53.9 Å². The van der Waals surface area contributed by atoms with Gasteiger partial charge in [0.25, 0.3) is 0 Å². The van der Waals surface area contributed by atoms with Gasteiger partial charge >= 0.3 is 0 Å². The molecule has 1 heteroatoms. The van der Waals surface area contributed by atoms with Gasteiger partial charge in [0.05, 0.1) is 0 Å². The van der Waals surface area contributed by atoms with Crippen LogP contribution < -0.4 is 5.32 Å². The summed E-state index contributed by atoms with van der Waals surface area (Å²) >= 11 is 0. The summed E-state index contributed by atoms with van der Waals surface area (Å²) in [7, 11) is 0. The standard InChI is InChI=1S/C21H27N/c1-15-12-19(21(2,3)4)18-14-17(10-11-20(18)22-15)13-16-8-6-5-7-9-16/h5-11,14-15,19,22H,12-13H2,1-4H3. The number of rotatable bonds is 2. The Hall–Kier alpha value is -1.76. The van der Waals surface area contributed by atoms with Crippen LogP contribution in [0.15, 0.2) is 48.5 Å². The Labute approximate surface area is 134 Å². The van der Waals surface area contributed by atoms with E-state index < -0.39 is 0 Å². The number of benzene rings is 2. The molecule has 116 valence electrons. The molecule has 0 fully saturated rings. The Morgan fingerprint density at radius 2 is 1.73 bits per heavy atom. The maximum Gasteiger partial charge on any atom is 0.0378 e. The topological polar surface area (TPSA) is 12.0 Å². The van der Waals surface area contributed by atoms with Crippen molar-refractivity contribution in [1.82, 2.24) is 0 Å². The largest absolute Gasteiger partial charge is 0.382 e. The third-order valence-corrected chi connectivity index (χ3v) is 4.78. The van der Waals surface area contributed by atoms with Gasteiger partial charge in [0.2, 0.25) is 0 Å². The monoisotopic (exact) mass is 293 g/mol. The van der Waals surface area contributed by atoms with Crippen LogP contribution in [-0.2, 0) is 6.42 Å². The number of anilines is 1. The number of nitrogens with one attached hydrogen (secondary N) is 1. The summed E-state index contributed by atoms with van der Waals surface area (Å²) in [6.07, 6.45) is 2.23. The van der Waals surface area contributed by atoms with E-state index in [0.717, 1.165) is 6.42 Å². The second-order valence-corrected chi connectivity index (χ2v) is 7.78. The van der Waals surface area contributed by atoms with Crippen LogP contribution in [0.1, 0.15) is 56.7 Å². The van der Waals surface area contributed by atoms with E-state index in [4.69, 9.17) is 0 Å². The normalized spacial score (nSPS) is 21.1. The molecule has 2 unspecified atom stereocenters. The highest BCUT2D eigenvalue weighted by atomic mass is 14.9. The number of hydrogen-bond donors (Lipinski definition) is 1. The van der Waals surface area contributed by atoms with Gasteiger partial charge in [0.15, 0.2) is 0 Å². The number of hydrogen-bond acceptors (Lipinski definition) is 1. The van der Waals surface area contributed by atoms with Gasteiger partial charge in [-0.2, -0.15) is 0 Å². The van der Waals surface area contributed by atoms with Crippen molar-refractivity contribution in [2.75, 3.05) is 5.32 Å². The summed E-state index contributed by atoms with van der Waals surface area (Å²) in [6, 6.07) is 18.3. The molecular formula is C21H27N. The summed E-state index contributed by atoms with van der Waals surface area (Å²) in [5.41, 5.74) is 5.92. The van der Waals surface area contributed by atoms with Crippen molar-refractivity contribution < 1.29 is 0 Å². The predicted molar refractivity (Wildman–Crippen MR) is 95.6 cm³/mol. The minimum Gasteiger partial charge on any atom is -0.382 e. The van der Waals surface area contributed by atoms with E-state index in [-0.39, 0.29) is 0 Å². The third kappa shape index (κ3) is 3.19. The lowest BCUT2D eigenvalue weighted by Crippen LogP contribution is -2.31. The summed E-state index contributed by atoms with van der Waals surface area (Å²) in [5.74, 6) is 0.620. The molecule has 1 heterocycles. The maximum atomic E-state index is 3.65. The Morgan fingerprint density at radius 1 is 1.00 bits per heavy atom. The molecule has 0 aromatic heterocycles. The molecule has 0 amide bonds. The van der Waals surface area contributed by atoms with Crippen molar-refractivity contribution in [2.24, 2.45) is 5.41 Å². The second-order valence-electron chi connectivity index (χ2n) is 7.78. The Morgan fingerprint density at radius 3 is 2.41 bits per heavy atom. The molecular weight excluding hydrogens is 266 g/mol. The van der Waals surface area contributed by atoms with Crippen LogP contribution in [0.4, 0.5) is 5.69 Å². The van der Waals surface area contributed by atoms with E-state index in [1.807, 2.05) is 0 Å². The highest BCUT2D eigenvalue weighted by molar-refractivity contribution is 5.58. The van der Waals surface area contributed by atoms with Crippen LogP contribution in [0.2, 0.25) is 0 Å². The van der Waals surface area contributed by atoms with Crippen LogP contribution in [0.3, 0.4) is 0 Å². The van der Waals surface area contributed by atoms with E-state index >= 15 is 0 Å². The molecule has 0 aliphatic carbocycles. The molecule has 0 saturated heterocycles. The van der Waals surface area contributed by atoms with Crippen LogP contribution in [0.5, 0.6) is 0 Å². The minimum atomic E-state index is 0.302. The zero-order valence-corrected chi connectivity index (χ0v) is 14.2. The quantitative estimate of drug-likeness (QED) is 0.758. The first-order chi connectivity index (χ1) is 10.4. The first-order valence-corrected chi connectivity index (χ1v) is 8.37. The maximum absolute atomic E-state index is 3.65. The van der Waals surface area contributed by atoms with E-state index in [1.54, 1.807) is 0 Å². The Balaban J connectivity index is 1.94. The smallest absolute Gasteiger partial charge is 0.0378 e. The fraction of sp³-hybridized carbons (Fsp3) is 0.429. The molecule has 22 heavy (non-hydrogen) atoms. The minimum absolute atomic E-state index is 0.302. The molecule has 1 N–H and O–H groups in total. The fourth-order valence-corrected chi connectivity index (χ4v) is 3.60. The molecule has 0 saturated carbocycles. The first-order valence-electron chi connectivity index (χ1n) is 8.37. The van der Waals surface area contributed by atoms with Gasteiger partial charge in [-0.3, -0.25) is 0 Å². The van der Waals surface area contributed by atoms with Gasteiger partial charge in [-0.25, -0.2) is 0 Å². The van der Waals surface area contributed by atoms with E-state index in [9.17, 15) is 0 Å². The highest BCUT2D eigenvalue weighted by Crippen LogP contribution is 2.45. The molecule has 1 aliphatic heterocycles. The van der Waals surface area contributed by atoms with Crippen LogP contribution in [0, 0.1) is 5.41 Å². The van der Waals surface area contributed by atoms with Crippen molar-refractivity contribution in [2.45, 2.75) is 52.5 Å². The zero-order valence-electron chi connectivity index (χ0n) is 14.2. The molecule has 2 atom stereocenters. The molecule has 1 nitrogen and oxygen atoms in total. The highest BCUT2D eigenvalue weighted by Gasteiger charge is 2.33. The van der Waals surface area contributed by atoms with Crippen molar-refractivity contribution in [1.29, 1.82) is 0 Å². The summed E-state index contributed by atoms with van der Waals surface area (Å²) in [4.78, 5) is 0. The fourth-order valence-electron chi connectivity index (χ4n) is 3.60. The number of fused-ring (bicyclic) bond motifs is 1. The molecule has 2 aromatic carbocycles. The summed E-state index contributed by atoms with van der Waals surface area (Å²) in [5, 5.41) is 3.65. The van der Waals surface area contributed by atoms with E-state index in [0.29, 0.717) is 17.4 Å².